The molecule has 4 rings (SSSR count). The van der Waals surface area contributed by atoms with Crippen LogP contribution in [0.15, 0.2) is 30.5 Å². The number of aromatic nitrogens is 2. The van der Waals surface area contributed by atoms with E-state index in [1.54, 1.807) is 10.7 Å². The maximum Gasteiger partial charge on any atom is 0.184 e. The number of ketones is 1. The molecule has 1 atom stereocenters. The molecule has 0 spiro atoms. The number of nitrogens with two attached hydrogens (primary N) is 1. The van der Waals surface area contributed by atoms with Gasteiger partial charge < -0.3 is 10.5 Å². The molecule has 3 aromatic rings. The number of aryl methyl sites for hydroxylation is 1. The summed E-state index contributed by atoms with van der Waals surface area (Å²) in [6, 6.07) is 8.82. The number of hydrogen-bond donors (Lipinski definition) is 1. The van der Waals surface area contributed by atoms with E-state index in [1.165, 1.54) is 29.7 Å². The molecule has 3 heterocycles. The third kappa shape index (κ3) is 3.99. The van der Waals surface area contributed by atoms with Gasteiger partial charge in [-0.05, 0) is 55.1 Å². The third-order valence-electron chi connectivity index (χ3n) is 5.16. The van der Waals surface area contributed by atoms with Gasteiger partial charge in [-0.15, -0.1) is 0 Å². The van der Waals surface area contributed by atoms with Gasteiger partial charge in [-0.2, -0.15) is 10.4 Å². The lowest BCUT2D eigenvalue weighted by atomic mass is 9.93. The fraction of sp³-hybridized carbons (Fsp3) is 0.318. The largest absolute Gasteiger partial charge is 0.481 e. The number of fused-ring (bicyclic) bond motifs is 3. The molecule has 0 fully saturated rings. The number of nitrogens with zero attached hydrogens (tertiary/aromatic N) is 3. The van der Waals surface area contributed by atoms with Crippen molar-refractivity contribution in [2.45, 2.75) is 26.3 Å². The van der Waals surface area contributed by atoms with Crippen molar-refractivity contribution in [3.63, 3.8) is 0 Å². The molecule has 2 aromatic heterocycles. The maximum absolute atomic E-state index is 13.7. The van der Waals surface area contributed by atoms with E-state index < -0.39 is 0 Å². The smallest absolute Gasteiger partial charge is 0.184 e. The van der Waals surface area contributed by atoms with Crippen LogP contribution in [0.2, 0.25) is 0 Å². The molecule has 1 aliphatic rings. The Hall–Kier alpha value is -3.02. The molecule has 0 bridgehead atoms. The maximum atomic E-state index is 13.7. The van der Waals surface area contributed by atoms with E-state index in [-0.39, 0.29) is 23.9 Å². The quantitative estimate of drug-likeness (QED) is 0.609. The third-order valence-corrected chi connectivity index (χ3v) is 6.25. The highest BCUT2D eigenvalue weighted by atomic mass is 32.1. The Morgan fingerprint density at radius 3 is 3.00 bits per heavy atom. The second-order valence-electron chi connectivity index (χ2n) is 7.47. The molecule has 0 saturated carbocycles. The molecule has 8 heteroatoms. The molecular weight excluding hydrogens is 403 g/mol. The summed E-state index contributed by atoms with van der Waals surface area (Å²) < 4.78 is 21.2. The van der Waals surface area contributed by atoms with Crippen molar-refractivity contribution in [1.82, 2.24) is 9.78 Å². The zero-order valence-corrected chi connectivity index (χ0v) is 17.3. The van der Waals surface area contributed by atoms with Crippen LogP contribution in [-0.4, -0.2) is 28.7 Å². The lowest BCUT2D eigenvalue weighted by molar-refractivity contribution is 0.0966. The van der Waals surface area contributed by atoms with E-state index in [1.807, 2.05) is 13.0 Å². The van der Waals surface area contributed by atoms with Crippen molar-refractivity contribution in [1.29, 1.82) is 5.26 Å². The summed E-state index contributed by atoms with van der Waals surface area (Å²) in [7, 11) is 0. The van der Waals surface area contributed by atoms with Crippen molar-refractivity contribution in [2.24, 2.45) is 11.7 Å². The minimum absolute atomic E-state index is 0.0372. The molecule has 0 saturated heterocycles. The monoisotopic (exact) mass is 424 g/mol. The van der Waals surface area contributed by atoms with E-state index >= 15 is 0 Å². The van der Waals surface area contributed by atoms with E-state index in [4.69, 9.17) is 10.5 Å². The van der Waals surface area contributed by atoms with Crippen LogP contribution in [0.1, 0.15) is 32.8 Å². The number of halogens is 1. The Morgan fingerprint density at radius 2 is 2.27 bits per heavy atom. The van der Waals surface area contributed by atoms with Crippen LogP contribution in [0, 0.1) is 30.0 Å². The van der Waals surface area contributed by atoms with Gasteiger partial charge in [0.1, 0.15) is 18.5 Å². The highest BCUT2D eigenvalue weighted by Gasteiger charge is 2.26. The van der Waals surface area contributed by atoms with Gasteiger partial charge in [0.25, 0.3) is 0 Å². The zero-order valence-electron chi connectivity index (χ0n) is 16.5. The normalized spacial score (nSPS) is 13.5. The molecule has 0 aliphatic carbocycles. The van der Waals surface area contributed by atoms with E-state index in [0.29, 0.717) is 47.3 Å². The summed E-state index contributed by atoms with van der Waals surface area (Å²) in [5, 5.41) is 14.3. The molecule has 154 valence electrons. The molecule has 0 radical (unpaired) electrons. The summed E-state index contributed by atoms with van der Waals surface area (Å²) in [6.45, 7) is 3.14. The first-order valence-electron chi connectivity index (χ1n) is 9.70. The average molecular weight is 425 g/mol. The van der Waals surface area contributed by atoms with Crippen molar-refractivity contribution in [3.05, 3.63) is 57.8 Å². The van der Waals surface area contributed by atoms with Crippen LogP contribution in [-0.2, 0) is 13.0 Å². The molecule has 0 amide bonds. The van der Waals surface area contributed by atoms with Crippen molar-refractivity contribution >= 4 is 17.1 Å². The minimum Gasteiger partial charge on any atom is -0.481 e. The Labute approximate surface area is 177 Å². The summed E-state index contributed by atoms with van der Waals surface area (Å²) in [4.78, 5) is 13.5. The van der Waals surface area contributed by atoms with Crippen molar-refractivity contribution in [2.75, 3.05) is 13.2 Å². The van der Waals surface area contributed by atoms with Crippen LogP contribution in [0.4, 0.5) is 4.39 Å². The van der Waals surface area contributed by atoms with Gasteiger partial charge >= 0.3 is 0 Å². The minimum atomic E-state index is -0.281. The van der Waals surface area contributed by atoms with Crippen LogP contribution in [0.5, 0.6) is 5.06 Å². The number of Topliss-reactive ketones (excluding diaryl/α,β-unsaturated/α-hetero) is 1. The molecule has 2 N–H and O–H groups in total. The van der Waals surface area contributed by atoms with Crippen molar-refractivity contribution in [3.8, 4) is 22.4 Å². The topological polar surface area (TPSA) is 93.9 Å². The summed E-state index contributed by atoms with van der Waals surface area (Å²) in [5.41, 5.74) is 9.46. The summed E-state index contributed by atoms with van der Waals surface area (Å²) in [5.74, 6) is -0.414. The van der Waals surface area contributed by atoms with Crippen LogP contribution in [0.3, 0.4) is 0 Å². The highest BCUT2D eigenvalue weighted by molar-refractivity contribution is 7.16. The molecule has 1 aliphatic heterocycles. The first-order chi connectivity index (χ1) is 14.5. The van der Waals surface area contributed by atoms with Crippen LogP contribution in [0.25, 0.3) is 11.3 Å². The Balaban J connectivity index is 1.56. The number of ether oxygens (including phenoxy) is 1. The van der Waals surface area contributed by atoms with Gasteiger partial charge in [-0.1, -0.05) is 17.4 Å². The van der Waals surface area contributed by atoms with Gasteiger partial charge in [0, 0.05) is 6.42 Å². The average Bonchev–Trinajstić information content (AvgIpc) is 3.26. The first-order valence-corrected chi connectivity index (χ1v) is 10.5. The fourth-order valence-corrected chi connectivity index (χ4v) is 4.78. The Bertz CT molecular complexity index is 1120. The predicted octanol–water partition coefficient (Wildman–Crippen LogP) is 3.71. The molecule has 6 nitrogen and oxygen atoms in total. The van der Waals surface area contributed by atoms with Gasteiger partial charge in [-0.3, -0.25) is 9.48 Å². The number of rotatable bonds is 6. The number of thiophene rings is 1. The first kappa shape index (κ1) is 20.3. The van der Waals surface area contributed by atoms with Gasteiger partial charge in [-0.25, -0.2) is 4.39 Å². The second kappa shape index (κ2) is 8.38. The zero-order chi connectivity index (χ0) is 21.3. The van der Waals surface area contributed by atoms with Crippen LogP contribution < -0.4 is 10.5 Å². The lowest BCUT2D eigenvalue weighted by Gasteiger charge is -2.14. The van der Waals surface area contributed by atoms with Crippen LogP contribution >= 0.6 is 11.3 Å². The fourth-order valence-electron chi connectivity index (χ4n) is 3.79. The number of benzene rings is 1. The van der Waals surface area contributed by atoms with Gasteiger partial charge in [0.2, 0.25) is 0 Å². The van der Waals surface area contributed by atoms with E-state index in [9.17, 15) is 14.4 Å². The lowest BCUT2D eigenvalue weighted by Crippen LogP contribution is -2.20. The van der Waals surface area contributed by atoms with Crippen molar-refractivity contribution < 1.29 is 13.9 Å². The highest BCUT2D eigenvalue weighted by Crippen LogP contribution is 2.41. The number of carbonyl (C=O) groups is 1. The number of hydrogen-bond acceptors (Lipinski definition) is 6. The molecular formula is C22H21FN4O2S. The summed E-state index contributed by atoms with van der Waals surface area (Å²) >= 11 is 1.28. The SMILES string of the molecule is Cc1cc(F)cc(C[C@@H](CN)CC(=O)c2cc3c(s2)OCCn2ncc(C#N)c2-3)c1. The molecule has 0 unspecified atom stereocenters. The Kier molecular flexibility index (Phi) is 5.66. The summed E-state index contributed by atoms with van der Waals surface area (Å²) in [6.07, 6.45) is 2.33. The van der Waals surface area contributed by atoms with Gasteiger partial charge in [0.15, 0.2) is 10.8 Å². The number of carbonyl (C=O) groups excluding carboxylic acids is 1. The number of nitriles is 1. The van der Waals surface area contributed by atoms with Gasteiger partial charge in [0.05, 0.1) is 34.4 Å². The molecule has 30 heavy (non-hydrogen) atoms. The van der Waals surface area contributed by atoms with E-state index in [2.05, 4.69) is 11.2 Å². The second-order valence-corrected chi connectivity index (χ2v) is 8.49. The predicted molar refractivity (Wildman–Crippen MR) is 112 cm³/mol. The Morgan fingerprint density at radius 1 is 1.43 bits per heavy atom. The van der Waals surface area contributed by atoms with E-state index in [0.717, 1.165) is 16.7 Å². The standard InChI is InChI=1S/C22H21FN4O2S/c1-13-4-14(7-17(23)5-13)6-15(10-24)8-19(28)20-9-18-21-16(11-25)12-26-27(21)2-3-29-22(18)30-20/h4-5,7,9,12,15H,2-3,6,8,10,24H2,1H3/t15-/m1/s1. The molecule has 1 aromatic carbocycles.